The summed E-state index contributed by atoms with van der Waals surface area (Å²) >= 11 is 0.889. The Morgan fingerprint density at radius 2 is 1.89 bits per heavy atom. The van der Waals surface area contributed by atoms with Crippen LogP contribution in [-0.2, 0) is 9.84 Å². The predicted molar refractivity (Wildman–Crippen MR) is 72.7 cm³/mol. The van der Waals surface area contributed by atoms with Crippen molar-refractivity contribution in [3.05, 3.63) is 40.6 Å². The van der Waals surface area contributed by atoms with Crippen LogP contribution in [0.1, 0.15) is 9.67 Å². The lowest BCUT2D eigenvalue weighted by Crippen LogP contribution is -2.06. The highest BCUT2D eigenvalue weighted by molar-refractivity contribution is 7.91. The normalized spacial score (nSPS) is 11.2. The first-order chi connectivity index (χ1) is 8.98. The van der Waals surface area contributed by atoms with E-state index in [1.165, 1.54) is 24.6 Å². The molecule has 0 radical (unpaired) electrons. The Morgan fingerprint density at radius 3 is 2.42 bits per heavy atom. The van der Waals surface area contributed by atoms with E-state index < -0.39 is 15.8 Å². The topological polar surface area (TPSA) is 83.5 Å². The summed E-state index contributed by atoms with van der Waals surface area (Å²) in [6.45, 7) is 0. The maximum Gasteiger partial charge on any atom is 0.348 e. The van der Waals surface area contributed by atoms with E-state index in [2.05, 4.69) is 5.32 Å². The summed E-state index contributed by atoms with van der Waals surface area (Å²) in [5.41, 5.74) is 0.126. The van der Waals surface area contributed by atoms with Gasteiger partial charge in [-0.15, -0.1) is 11.3 Å². The van der Waals surface area contributed by atoms with Crippen LogP contribution in [0.2, 0.25) is 0 Å². The van der Waals surface area contributed by atoms with Crippen LogP contribution in [0.4, 0.5) is 5.69 Å². The molecule has 0 amide bonds. The van der Waals surface area contributed by atoms with Crippen LogP contribution in [0, 0.1) is 0 Å². The van der Waals surface area contributed by atoms with Crippen molar-refractivity contribution >= 4 is 32.8 Å². The summed E-state index contributed by atoms with van der Waals surface area (Å²) in [5.74, 6) is -1.15. The molecule has 0 spiro atoms. The lowest BCUT2D eigenvalue weighted by molar-refractivity contribution is 0.0703. The molecule has 2 aromatic rings. The second-order valence-electron chi connectivity index (χ2n) is 3.68. The number of hydrogen-bond donors (Lipinski definition) is 2. The van der Waals surface area contributed by atoms with Gasteiger partial charge in [0.2, 0.25) is 9.84 Å². The molecule has 2 N–H and O–H groups in total. The van der Waals surface area contributed by atoms with Crippen molar-refractivity contribution in [2.45, 2.75) is 9.79 Å². The van der Waals surface area contributed by atoms with Crippen LogP contribution >= 0.6 is 11.3 Å². The van der Waals surface area contributed by atoms with Crippen molar-refractivity contribution in [2.24, 2.45) is 0 Å². The molecule has 0 saturated carbocycles. The van der Waals surface area contributed by atoms with E-state index in [9.17, 15) is 13.2 Å². The van der Waals surface area contributed by atoms with Gasteiger partial charge < -0.3 is 10.4 Å². The van der Waals surface area contributed by atoms with Crippen molar-refractivity contribution in [2.75, 3.05) is 12.4 Å². The number of carbonyl (C=O) groups is 1. The van der Waals surface area contributed by atoms with Crippen molar-refractivity contribution in [1.82, 2.24) is 0 Å². The van der Waals surface area contributed by atoms with E-state index in [0.29, 0.717) is 0 Å². The third-order valence-electron chi connectivity index (χ3n) is 2.54. The molecule has 0 aliphatic rings. The van der Waals surface area contributed by atoms with Crippen molar-refractivity contribution in [3.8, 4) is 0 Å². The Labute approximate surface area is 114 Å². The highest BCUT2D eigenvalue weighted by atomic mass is 32.2. The van der Waals surface area contributed by atoms with E-state index in [4.69, 9.17) is 5.11 Å². The van der Waals surface area contributed by atoms with Crippen LogP contribution in [0.25, 0.3) is 0 Å². The summed E-state index contributed by atoms with van der Waals surface area (Å²) in [4.78, 5) is 11.1. The maximum atomic E-state index is 12.4. The molecular formula is C12H11NO4S2. The summed E-state index contributed by atoms with van der Waals surface area (Å²) in [7, 11) is -2.21. The Bertz CT molecular complexity index is 705. The number of rotatable bonds is 4. The van der Waals surface area contributed by atoms with Crippen LogP contribution < -0.4 is 5.32 Å². The molecule has 2 rings (SSSR count). The third kappa shape index (κ3) is 2.34. The van der Waals surface area contributed by atoms with E-state index in [1.54, 1.807) is 18.2 Å². The second-order valence-corrected chi connectivity index (χ2v) is 6.47. The Balaban J connectivity index is 2.63. The average Bonchev–Trinajstić information content (AvgIpc) is 2.84. The van der Waals surface area contributed by atoms with Crippen LogP contribution in [-0.4, -0.2) is 26.5 Å². The number of benzene rings is 1. The number of sulfone groups is 1. The summed E-state index contributed by atoms with van der Waals surface area (Å²) < 4.78 is 24.8. The molecule has 0 atom stereocenters. The lowest BCUT2D eigenvalue weighted by atomic mass is 10.4. The van der Waals surface area contributed by atoms with Gasteiger partial charge in [-0.2, -0.15) is 0 Å². The Hall–Kier alpha value is -1.86. The first-order valence-electron chi connectivity index (χ1n) is 5.31. The number of carboxylic acids is 1. The van der Waals surface area contributed by atoms with E-state index in [0.717, 1.165) is 11.3 Å². The first kappa shape index (κ1) is 13.6. The fourth-order valence-corrected chi connectivity index (χ4v) is 4.39. The highest BCUT2D eigenvalue weighted by Gasteiger charge is 2.26. The zero-order valence-electron chi connectivity index (χ0n) is 9.95. The van der Waals surface area contributed by atoms with Gasteiger partial charge in [0, 0.05) is 12.4 Å². The van der Waals surface area contributed by atoms with Gasteiger partial charge in [0.15, 0.2) is 0 Å². The average molecular weight is 297 g/mol. The second kappa shape index (κ2) is 5.02. The highest BCUT2D eigenvalue weighted by Crippen LogP contribution is 2.35. The number of anilines is 1. The fraction of sp³-hybridized carbons (Fsp3) is 0.0833. The van der Waals surface area contributed by atoms with Crippen LogP contribution in [0.5, 0.6) is 0 Å². The molecule has 0 aliphatic heterocycles. The zero-order valence-corrected chi connectivity index (χ0v) is 11.6. The maximum absolute atomic E-state index is 12.4. The molecule has 5 nitrogen and oxygen atoms in total. The molecule has 0 unspecified atom stereocenters. The number of thiophene rings is 1. The van der Waals surface area contributed by atoms with Crippen molar-refractivity contribution in [1.29, 1.82) is 0 Å². The number of aromatic carboxylic acids is 1. The molecule has 7 heteroatoms. The summed E-state index contributed by atoms with van der Waals surface area (Å²) in [6.07, 6.45) is 0. The minimum atomic E-state index is -3.71. The summed E-state index contributed by atoms with van der Waals surface area (Å²) in [6, 6.07) is 7.92. The van der Waals surface area contributed by atoms with Gasteiger partial charge in [-0.05, 0) is 12.1 Å². The van der Waals surface area contributed by atoms with Gasteiger partial charge in [-0.3, -0.25) is 0 Å². The number of carboxylic acid groups (broad SMARTS) is 1. The predicted octanol–water partition coefficient (Wildman–Crippen LogP) is 2.32. The number of hydrogen-bond acceptors (Lipinski definition) is 5. The largest absolute Gasteiger partial charge is 0.477 e. The van der Waals surface area contributed by atoms with Gasteiger partial charge >= 0.3 is 5.97 Å². The van der Waals surface area contributed by atoms with E-state index in [1.807, 2.05) is 0 Å². The first-order valence-corrected chi connectivity index (χ1v) is 7.67. The minimum absolute atomic E-state index is 0.0106. The quantitative estimate of drug-likeness (QED) is 0.905. The van der Waals surface area contributed by atoms with Gasteiger partial charge in [-0.25, -0.2) is 13.2 Å². The Kier molecular flexibility index (Phi) is 3.59. The van der Waals surface area contributed by atoms with Gasteiger partial charge in [0.25, 0.3) is 0 Å². The molecular weight excluding hydrogens is 286 g/mol. The SMILES string of the molecule is CNc1c(S(=O)(=O)c2ccccc2)csc1C(=O)O. The molecule has 0 saturated heterocycles. The lowest BCUT2D eigenvalue weighted by Gasteiger charge is -2.06. The van der Waals surface area contributed by atoms with Crippen LogP contribution in [0.15, 0.2) is 45.5 Å². The molecule has 1 aromatic carbocycles. The molecule has 0 aliphatic carbocycles. The number of nitrogens with one attached hydrogen (secondary N) is 1. The molecule has 19 heavy (non-hydrogen) atoms. The molecule has 0 fully saturated rings. The molecule has 0 bridgehead atoms. The third-order valence-corrected chi connectivity index (χ3v) is 5.46. The van der Waals surface area contributed by atoms with Crippen molar-refractivity contribution in [3.63, 3.8) is 0 Å². The van der Waals surface area contributed by atoms with E-state index in [-0.39, 0.29) is 20.4 Å². The van der Waals surface area contributed by atoms with Crippen molar-refractivity contribution < 1.29 is 18.3 Å². The van der Waals surface area contributed by atoms with E-state index >= 15 is 0 Å². The molecule has 1 heterocycles. The fourth-order valence-electron chi connectivity index (χ4n) is 1.66. The monoisotopic (exact) mass is 297 g/mol. The smallest absolute Gasteiger partial charge is 0.348 e. The zero-order chi connectivity index (χ0) is 14.0. The van der Waals surface area contributed by atoms with Gasteiger partial charge in [0.1, 0.15) is 9.77 Å². The van der Waals surface area contributed by atoms with Crippen LogP contribution in [0.3, 0.4) is 0 Å². The standard InChI is InChI=1S/C12H11NO4S2/c1-13-10-9(7-18-11(10)12(14)15)19(16,17)8-5-3-2-4-6-8/h2-7,13H,1H3,(H,14,15). The Morgan fingerprint density at radius 1 is 1.26 bits per heavy atom. The molecule has 1 aromatic heterocycles. The van der Waals surface area contributed by atoms with Gasteiger partial charge in [-0.1, -0.05) is 18.2 Å². The van der Waals surface area contributed by atoms with Gasteiger partial charge in [0.05, 0.1) is 10.6 Å². The minimum Gasteiger partial charge on any atom is -0.477 e. The molecule has 100 valence electrons. The summed E-state index contributed by atoms with van der Waals surface area (Å²) in [5, 5.41) is 13.0.